The second-order valence-electron chi connectivity index (χ2n) is 10.8. The number of esters is 2. The fourth-order valence-electron chi connectivity index (χ4n) is 4.50. The number of carbonyl (C=O) groups is 2. The topological polar surface area (TPSA) is 76.7 Å². The molecule has 0 fully saturated rings. The summed E-state index contributed by atoms with van der Waals surface area (Å²) in [5, 5.41) is 6.49. The van der Waals surface area contributed by atoms with Crippen LogP contribution in [0.15, 0.2) is 0 Å². The third-order valence-corrected chi connectivity index (χ3v) is 7.01. The minimum atomic E-state index is -0.119. The third kappa shape index (κ3) is 31.1. The fourth-order valence-corrected chi connectivity index (χ4v) is 4.50. The normalized spacial score (nSPS) is 11.1. The summed E-state index contributed by atoms with van der Waals surface area (Å²) >= 11 is 0. The molecule has 0 heterocycles. The zero-order valence-electron chi connectivity index (χ0n) is 25.4. The first-order chi connectivity index (χ1) is 18.7. The predicted octanol–water partition coefficient (Wildman–Crippen LogP) is 7.87. The molecule has 0 saturated carbocycles. The molecule has 6 nitrogen and oxygen atoms in total. The van der Waals surface area contributed by atoms with Crippen molar-refractivity contribution in [2.45, 2.75) is 155 Å². The van der Waals surface area contributed by atoms with E-state index < -0.39 is 0 Å². The zero-order valence-corrected chi connectivity index (χ0v) is 25.4. The summed E-state index contributed by atoms with van der Waals surface area (Å²) < 4.78 is 10.6. The maximum Gasteiger partial charge on any atom is 0.307 e. The Balaban J connectivity index is 3.25. The third-order valence-electron chi connectivity index (χ3n) is 7.01. The highest BCUT2D eigenvalue weighted by Crippen LogP contribution is 2.11. The molecule has 0 amide bonds. The van der Waals surface area contributed by atoms with Crippen LogP contribution in [0.25, 0.3) is 0 Å². The standard InChI is InChI=1S/C32H64N2O4/c1-3-5-7-9-11-13-15-17-19-21-29-37-31(35)23-25-33-27-28-34-26-24-32(36)38-30-22-20-18-16-14-12-10-8-6-4-2/h33-34H,3-30H2,1-2H3. The highest BCUT2D eigenvalue weighted by Gasteiger charge is 2.04. The van der Waals surface area contributed by atoms with Gasteiger partial charge in [-0.3, -0.25) is 9.59 Å². The van der Waals surface area contributed by atoms with Crippen LogP contribution in [0.2, 0.25) is 0 Å². The fraction of sp³-hybridized carbons (Fsp3) is 0.938. The molecular weight excluding hydrogens is 476 g/mol. The van der Waals surface area contributed by atoms with Crippen LogP contribution in [-0.4, -0.2) is 51.3 Å². The molecule has 0 atom stereocenters. The van der Waals surface area contributed by atoms with Crippen LogP contribution < -0.4 is 10.6 Å². The molecule has 0 spiro atoms. The Hall–Kier alpha value is -1.14. The number of rotatable bonds is 31. The van der Waals surface area contributed by atoms with Gasteiger partial charge in [-0.2, -0.15) is 0 Å². The molecule has 0 aliphatic carbocycles. The van der Waals surface area contributed by atoms with E-state index in [1.54, 1.807) is 0 Å². The van der Waals surface area contributed by atoms with Crippen molar-refractivity contribution in [1.29, 1.82) is 0 Å². The first-order valence-corrected chi connectivity index (χ1v) is 16.4. The summed E-state index contributed by atoms with van der Waals surface area (Å²) in [7, 11) is 0. The van der Waals surface area contributed by atoms with Crippen LogP contribution in [0.3, 0.4) is 0 Å². The zero-order chi connectivity index (χ0) is 27.8. The molecular formula is C32H64N2O4. The molecule has 0 bridgehead atoms. The van der Waals surface area contributed by atoms with Crippen LogP contribution in [0.1, 0.15) is 155 Å². The van der Waals surface area contributed by atoms with Gasteiger partial charge < -0.3 is 20.1 Å². The van der Waals surface area contributed by atoms with Crippen LogP contribution >= 0.6 is 0 Å². The average Bonchev–Trinajstić information content (AvgIpc) is 2.91. The van der Waals surface area contributed by atoms with Crippen LogP contribution in [0.5, 0.6) is 0 Å². The van der Waals surface area contributed by atoms with Gasteiger partial charge in [0, 0.05) is 26.2 Å². The van der Waals surface area contributed by atoms with E-state index in [1.807, 2.05) is 0 Å². The summed E-state index contributed by atoms with van der Waals surface area (Å²) in [5.41, 5.74) is 0. The Labute approximate surface area is 236 Å². The van der Waals surface area contributed by atoms with Crippen molar-refractivity contribution >= 4 is 11.9 Å². The van der Waals surface area contributed by atoms with Crippen molar-refractivity contribution < 1.29 is 19.1 Å². The number of ether oxygens (including phenoxy) is 2. The Kier molecular flexibility index (Phi) is 31.1. The van der Waals surface area contributed by atoms with Crippen LogP contribution in [0.4, 0.5) is 0 Å². The molecule has 0 rings (SSSR count). The van der Waals surface area contributed by atoms with E-state index in [1.165, 1.54) is 103 Å². The molecule has 0 aromatic heterocycles. The van der Waals surface area contributed by atoms with Crippen molar-refractivity contribution in [3.05, 3.63) is 0 Å². The quantitative estimate of drug-likeness (QED) is 0.0688. The lowest BCUT2D eigenvalue weighted by atomic mass is 10.1. The Morgan fingerprint density at radius 2 is 0.711 bits per heavy atom. The molecule has 38 heavy (non-hydrogen) atoms. The number of nitrogens with one attached hydrogen (secondary N) is 2. The number of hydrogen-bond donors (Lipinski definition) is 2. The Morgan fingerprint density at radius 1 is 0.421 bits per heavy atom. The Morgan fingerprint density at radius 3 is 1.03 bits per heavy atom. The van der Waals surface area contributed by atoms with Gasteiger partial charge in [0.05, 0.1) is 26.1 Å². The molecule has 6 heteroatoms. The van der Waals surface area contributed by atoms with E-state index in [9.17, 15) is 9.59 Å². The second kappa shape index (κ2) is 32.1. The van der Waals surface area contributed by atoms with E-state index in [2.05, 4.69) is 24.5 Å². The molecule has 0 aromatic carbocycles. The minimum Gasteiger partial charge on any atom is -0.466 e. The lowest BCUT2D eigenvalue weighted by molar-refractivity contribution is -0.144. The molecule has 2 N–H and O–H groups in total. The maximum absolute atomic E-state index is 11.8. The van der Waals surface area contributed by atoms with E-state index >= 15 is 0 Å². The monoisotopic (exact) mass is 540 g/mol. The van der Waals surface area contributed by atoms with Crippen molar-refractivity contribution in [1.82, 2.24) is 10.6 Å². The van der Waals surface area contributed by atoms with Gasteiger partial charge in [0.15, 0.2) is 0 Å². The highest BCUT2D eigenvalue weighted by atomic mass is 16.5. The molecule has 0 aromatic rings. The molecule has 0 saturated heterocycles. The van der Waals surface area contributed by atoms with E-state index in [4.69, 9.17) is 9.47 Å². The van der Waals surface area contributed by atoms with Gasteiger partial charge in [-0.15, -0.1) is 0 Å². The lowest BCUT2D eigenvalue weighted by Crippen LogP contribution is -2.30. The van der Waals surface area contributed by atoms with Crippen molar-refractivity contribution in [2.24, 2.45) is 0 Å². The SMILES string of the molecule is CCCCCCCCCCCCOC(=O)CCNCCNCCC(=O)OCCCCCCCCCCCC. The Bertz CT molecular complexity index is 458. The highest BCUT2D eigenvalue weighted by molar-refractivity contribution is 5.69. The summed E-state index contributed by atoms with van der Waals surface area (Å²) in [5.74, 6) is -0.238. The minimum absolute atomic E-state index is 0.119. The summed E-state index contributed by atoms with van der Waals surface area (Å²) in [4.78, 5) is 23.6. The second-order valence-corrected chi connectivity index (χ2v) is 10.8. The molecule has 0 unspecified atom stereocenters. The van der Waals surface area contributed by atoms with Gasteiger partial charge in [0.2, 0.25) is 0 Å². The van der Waals surface area contributed by atoms with E-state index in [0.29, 0.717) is 39.1 Å². The number of carbonyl (C=O) groups excluding carboxylic acids is 2. The van der Waals surface area contributed by atoms with Crippen molar-refractivity contribution in [3.8, 4) is 0 Å². The molecule has 0 aliphatic rings. The lowest BCUT2D eigenvalue weighted by Gasteiger charge is -2.08. The summed E-state index contributed by atoms with van der Waals surface area (Å²) in [6, 6.07) is 0. The van der Waals surface area contributed by atoms with Gasteiger partial charge in [-0.05, 0) is 12.8 Å². The first kappa shape index (κ1) is 36.9. The first-order valence-electron chi connectivity index (χ1n) is 16.4. The summed E-state index contributed by atoms with van der Waals surface area (Å²) in [6.45, 7) is 8.38. The summed E-state index contributed by atoms with van der Waals surface area (Å²) in [6.07, 6.45) is 26.5. The average molecular weight is 541 g/mol. The van der Waals surface area contributed by atoms with Crippen molar-refractivity contribution in [2.75, 3.05) is 39.4 Å². The van der Waals surface area contributed by atoms with Gasteiger partial charge in [0.1, 0.15) is 0 Å². The molecule has 226 valence electrons. The smallest absolute Gasteiger partial charge is 0.307 e. The van der Waals surface area contributed by atoms with Gasteiger partial charge in [-0.1, -0.05) is 129 Å². The van der Waals surface area contributed by atoms with Crippen LogP contribution in [-0.2, 0) is 19.1 Å². The van der Waals surface area contributed by atoms with E-state index in [0.717, 1.165) is 38.8 Å². The van der Waals surface area contributed by atoms with Gasteiger partial charge in [0.25, 0.3) is 0 Å². The van der Waals surface area contributed by atoms with Crippen LogP contribution in [0, 0.1) is 0 Å². The number of unbranched alkanes of at least 4 members (excludes halogenated alkanes) is 18. The predicted molar refractivity (Wildman–Crippen MR) is 161 cm³/mol. The number of hydrogen-bond acceptors (Lipinski definition) is 6. The largest absolute Gasteiger partial charge is 0.466 e. The maximum atomic E-state index is 11.8. The van der Waals surface area contributed by atoms with Gasteiger partial charge in [-0.25, -0.2) is 0 Å². The molecule has 0 radical (unpaired) electrons. The van der Waals surface area contributed by atoms with Gasteiger partial charge >= 0.3 is 11.9 Å². The van der Waals surface area contributed by atoms with Crippen molar-refractivity contribution in [3.63, 3.8) is 0 Å². The van der Waals surface area contributed by atoms with E-state index in [-0.39, 0.29) is 11.9 Å². The molecule has 0 aliphatic heterocycles.